The molecule has 3 nitrogen and oxygen atoms in total. The van der Waals surface area contributed by atoms with Crippen LogP contribution in [0.25, 0.3) is 0 Å². The Labute approximate surface area is 129 Å². The summed E-state index contributed by atoms with van der Waals surface area (Å²) in [5.74, 6) is 0. The number of pyridine rings is 1. The summed E-state index contributed by atoms with van der Waals surface area (Å²) in [6.45, 7) is 0. The fourth-order valence-corrected chi connectivity index (χ4v) is 3.43. The van der Waals surface area contributed by atoms with E-state index in [9.17, 15) is 14.8 Å². The van der Waals surface area contributed by atoms with Crippen molar-refractivity contribution < 1.29 is 9.50 Å². The third kappa shape index (κ3) is 2.10. The molecule has 1 fully saturated rings. The van der Waals surface area contributed by atoms with Gasteiger partial charge in [0, 0.05) is 12.6 Å². The van der Waals surface area contributed by atoms with Crippen molar-refractivity contribution in [1.82, 2.24) is 4.98 Å². The molecule has 4 heteroatoms. The third-order valence-electron chi connectivity index (χ3n) is 4.60. The second-order valence-corrected chi connectivity index (χ2v) is 5.80. The van der Waals surface area contributed by atoms with Gasteiger partial charge in [0.1, 0.15) is 17.2 Å². The van der Waals surface area contributed by atoms with Gasteiger partial charge in [-0.25, -0.2) is 4.39 Å². The van der Waals surface area contributed by atoms with Crippen molar-refractivity contribution in [3.63, 3.8) is 0 Å². The smallest absolute Gasteiger partial charge is 0.132 e. The van der Waals surface area contributed by atoms with Crippen molar-refractivity contribution >= 4 is 0 Å². The maximum absolute atomic E-state index is 14.1. The zero-order valence-electron chi connectivity index (χ0n) is 12.1. The predicted molar refractivity (Wildman–Crippen MR) is 80.6 cm³/mol. The number of nitrogens with zero attached hydrogens (tertiary/aromatic N) is 2. The van der Waals surface area contributed by atoms with Gasteiger partial charge < -0.3 is 5.11 Å². The number of hydrogen-bond acceptors (Lipinski definition) is 3. The lowest BCUT2D eigenvalue weighted by Gasteiger charge is -2.47. The predicted octanol–water partition coefficient (Wildman–Crippen LogP) is 3.25. The van der Waals surface area contributed by atoms with Gasteiger partial charge in [-0.05, 0) is 30.5 Å². The molecule has 1 aromatic carbocycles. The molecule has 3 unspecified atom stereocenters. The Hall–Kier alpha value is -2.25. The minimum atomic E-state index is -1.64. The number of rotatable bonds is 2. The summed E-state index contributed by atoms with van der Waals surface area (Å²) in [6.07, 6.45) is 0.825. The van der Waals surface area contributed by atoms with Crippen LogP contribution in [0.3, 0.4) is 0 Å². The van der Waals surface area contributed by atoms with Crippen molar-refractivity contribution in [2.45, 2.75) is 36.5 Å². The van der Waals surface area contributed by atoms with Gasteiger partial charge in [-0.3, -0.25) is 4.98 Å². The molecular weight excluding hydrogens is 279 g/mol. The van der Waals surface area contributed by atoms with E-state index in [1.54, 1.807) is 24.4 Å². The van der Waals surface area contributed by atoms with Crippen molar-refractivity contribution in [3.8, 4) is 6.07 Å². The first kappa shape index (κ1) is 14.7. The molecule has 0 amide bonds. The first-order chi connectivity index (χ1) is 10.6. The summed E-state index contributed by atoms with van der Waals surface area (Å²) in [6, 6.07) is 16.6. The topological polar surface area (TPSA) is 56.9 Å². The Morgan fingerprint density at radius 3 is 2.55 bits per heavy atom. The lowest BCUT2D eigenvalue weighted by molar-refractivity contribution is -0.0795. The van der Waals surface area contributed by atoms with Gasteiger partial charge in [0.05, 0.1) is 11.8 Å². The molecule has 2 aromatic rings. The highest BCUT2D eigenvalue weighted by atomic mass is 19.1. The van der Waals surface area contributed by atoms with E-state index in [0.717, 1.165) is 0 Å². The van der Waals surface area contributed by atoms with E-state index >= 15 is 0 Å². The van der Waals surface area contributed by atoms with Crippen molar-refractivity contribution in [2.75, 3.05) is 0 Å². The highest BCUT2D eigenvalue weighted by Gasteiger charge is 2.57. The van der Waals surface area contributed by atoms with Gasteiger partial charge in [-0.1, -0.05) is 36.4 Å². The fourth-order valence-electron chi connectivity index (χ4n) is 3.43. The molecule has 3 rings (SSSR count). The van der Waals surface area contributed by atoms with Gasteiger partial charge in [0.2, 0.25) is 0 Å². The minimum absolute atomic E-state index is 0.119. The molecule has 0 bridgehead atoms. The molecule has 1 heterocycles. The Balaban J connectivity index is 2.21. The number of nitriles is 1. The van der Waals surface area contributed by atoms with Gasteiger partial charge in [0.15, 0.2) is 0 Å². The SMILES string of the molecule is N#CC1(c2ccccc2)CCC(F)CC1(O)c1ccccn1. The number of aromatic nitrogens is 1. The van der Waals surface area contributed by atoms with Gasteiger partial charge in [-0.15, -0.1) is 0 Å². The molecule has 0 aliphatic heterocycles. The van der Waals surface area contributed by atoms with Crippen LogP contribution in [0.4, 0.5) is 4.39 Å². The zero-order valence-corrected chi connectivity index (χ0v) is 12.1. The monoisotopic (exact) mass is 296 g/mol. The highest BCUT2D eigenvalue weighted by Crippen LogP contribution is 2.51. The average molecular weight is 296 g/mol. The van der Waals surface area contributed by atoms with Crippen LogP contribution in [0.2, 0.25) is 0 Å². The summed E-state index contributed by atoms with van der Waals surface area (Å²) in [4.78, 5) is 4.21. The summed E-state index contributed by atoms with van der Waals surface area (Å²) in [5, 5.41) is 21.3. The van der Waals surface area contributed by atoms with Gasteiger partial charge in [-0.2, -0.15) is 5.26 Å². The number of benzene rings is 1. The fraction of sp³-hybridized carbons (Fsp3) is 0.333. The second kappa shape index (κ2) is 5.51. The Bertz CT molecular complexity index is 685. The lowest BCUT2D eigenvalue weighted by Crippen LogP contribution is -2.53. The summed E-state index contributed by atoms with van der Waals surface area (Å²) < 4.78 is 14.1. The van der Waals surface area contributed by atoms with E-state index in [0.29, 0.717) is 11.3 Å². The van der Waals surface area contributed by atoms with Crippen LogP contribution >= 0.6 is 0 Å². The summed E-state index contributed by atoms with van der Waals surface area (Å²) >= 11 is 0. The largest absolute Gasteiger partial charge is 0.381 e. The maximum atomic E-state index is 14.1. The maximum Gasteiger partial charge on any atom is 0.132 e. The molecule has 1 saturated carbocycles. The second-order valence-electron chi connectivity index (χ2n) is 5.80. The van der Waals surface area contributed by atoms with Crippen molar-refractivity contribution in [3.05, 3.63) is 66.0 Å². The highest BCUT2D eigenvalue weighted by molar-refractivity contribution is 5.41. The van der Waals surface area contributed by atoms with E-state index in [1.165, 1.54) is 0 Å². The Morgan fingerprint density at radius 1 is 1.18 bits per heavy atom. The average Bonchev–Trinajstić information content (AvgIpc) is 2.57. The van der Waals surface area contributed by atoms with Crippen molar-refractivity contribution in [1.29, 1.82) is 5.26 Å². The zero-order chi connectivity index (χ0) is 15.6. The third-order valence-corrected chi connectivity index (χ3v) is 4.60. The standard InChI is InChI=1S/C18H17FN2O/c19-15-9-10-17(13-20,14-6-2-1-3-7-14)18(22,12-15)16-8-4-5-11-21-16/h1-8,11,15,22H,9-10,12H2. The minimum Gasteiger partial charge on any atom is -0.381 e. The van der Waals surface area contributed by atoms with E-state index in [1.807, 2.05) is 30.3 Å². The van der Waals surface area contributed by atoms with E-state index in [-0.39, 0.29) is 19.3 Å². The molecule has 1 N–H and O–H groups in total. The number of halogens is 1. The van der Waals surface area contributed by atoms with Crippen molar-refractivity contribution in [2.24, 2.45) is 0 Å². The first-order valence-electron chi connectivity index (χ1n) is 7.37. The first-order valence-corrected chi connectivity index (χ1v) is 7.37. The van der Waals surface area contributed by atoms with Crippen LogP contribution in [0.5, 0.6) is 0 Å². The van der Waals surface area contributed by atoms with Crippen LogP contribution in [-0.2, 0) is 11.0 Å². The van der Waals surface area contributed by atoms with E-state index < -0.39 is 17.2 Å². The molecule has 1 aliphatic carbocycles. The molecular formula is C18H17FN2O. The molecule has 0 spiro atoms. The van der Waals surface area contributed by atoms with E-state index in [2.05, 4.69) is 11.1 Å². The molecule has 1 aromatic heterocycles. The van der Waals surface area contributed by atoms with Crippen LogP contribution in [-0.4, -0.2) is 16.3 Å². The number of hydrogen-bond donors (Lipinski definition) is 1. The molecule has 0 radical (unpaired) electrons. The lowest BCUT2D eigenvalue weighted by atomic mass is 9.58. The molecule has 1 aliphatic rings. The molecule has 0 saturated heterocycles. The Morgan fingerprint density at radius 2 is 1.91 bits per heavy atom. The van der Waals surface area contributed by atoms with Gasteiger partial charge in [0.25, 0.3) is 0 Å². The van der Waals surface area contributed by atoms with Crippen LogP contribution in [0, 0.1) is 11.3 Å². The number of alkyl halides is 1. The summed E-state index contributed by atoms with van der Waals surface area (Å²) in [5.41, 5.74) is -1.77. The Kier molecular flexibility index (Phi) is 3.67. The summed E-state index contributed by atoms with van der Waals surface area (Å²) in [7, 11) is 0. The van der Waals surface area contributed by atoms with Gasteiger partial charge >= 0.3 is 0 Å². The van der Waals surface area contributed by atoms with Crippen LogP contribution in [0.15, 0.2) is 54.7 Å². The van der Waals surface area contributed by atoms with E-state index in [4.69, 9.17) is 0 Å². The molecule has 112 valence electrons. The normalized spacial score (nSPS) is 31.4. The quantitative estimate of drug-likeness (QED) is 0.925. The van der Waals surface area contributed by atoms with Crippen LogP contribution < -0.4 is 0 Å². The number of aliphatic hydroxyl groups is 1. The molecule has 22 heavy (non-hydrogen) atoms. The molecule has 3 atom stereocenters. The van der Waals surface area contributed by atoms with Crippen LogP contribution in [0.1, 0.15) is 30.5 Å².